The molecule has 0 heterocycles. The largest absolute Gasteiger partial charge is 0.313 e. The van der Waals surface area contributed by atoms with Gasteiger partial charge in [0.1, 0.15) is 0 Å². The molecule has 1 aliphatic rings. The van der Waals surface area contributed by atoms with Gasteiger partial charge in [-0.25, -0.2) is 0 Å². The predicted octanol–water partition coefficient (Wildman–Crippen LogP) is 3.54. The van der Waals surface area contributed by atoms with Crippen molar-refractivity contribution >= 4 is 11.8 Å². The molecule has 1 aliphatic carbocycles. The van der Waals surface area contributed by atoms with Crippen LogP contribution in [0.25, 0.3) is 0 Å². The van der Waals surface area contributed by atoms with Crippen molar-refractivity contribution in [3.05, 3.63) is 0 Å². The minimum atomic E-state index is 0.820. The molecular weight excluding hydrogens is 202 g/mol. The van der Waals surface area contributed by atoms with Gasteiger partial charge in [-0.15, -0.1) is 0 Å². The molecule has 0 radical (unpaired) electrons. The molecule has 0 saturated heterocycles. The Kier molecular flexibility index (Phi) is 6.74. The zero-order valence-electron chi connectivity index (χ0n) is 10.6. The van der Waals surface area contributed by atoms with E-state index >= 15 is 0 Å². The van der Waals surface area contributed by atoms with Crippen molar-refractivity contribution in [1.29, 1.82) is 0 Å². The molecule has 2 heteroatoms. The number of hydrogen-bond donors (Lipinski definition) is 1. The Balaban J connectivity index is 1.91. The van der Waals surface area contributed by atoms with Gasteiger partial charge in [-0.1, -0.05) is 20.8 Å². The van der Waals surface area contributed by atoms with E-state index in [0.717, 1.165) is 17.9 Å². The van der Waals surface area contributed by atoms with Crippen molar-refractivity contribution in [2.24, 2.45) is 11.8 Å². The highest BCUT2D eigenvalue weighted by atomic mass is 32.2. The molecule has 0 spiro atoms. The monoisotopic (exact) mass is 229 g/mol. The lowest BCUT2D eigenvalue weighted by molar-refractivity contribution is 0.312. The van der Waals surface area contributed by atoms with E-state index < -0.39 is 0 Å². The molecule has 0 unspecified atom stereocenters. The first kappa shape index (κ1) is 13.4. The summed E-state index contributed by atoms with van der Waals surface area (Å²) in [6, 6.07) is 0.820. The molecule has 90 valence electrons. The number of hydrogen-bond acceptors (Lipinski definition) is 2. The smallest absolute Gasteiger partial charge is 0.00675 e. The molecule has 0 aliphatic heterocycles. The third kappa shape index (κ3) is 6.47. The average Bonchev–Trinajstić information content (AvgIpc) is 2.20. The first-order valence-corrected chi connectivity index (χ1v) is 7.65. The fourth-order valence-electron chi connectivity index (χ4n) is 2.12. The molecule has 0 aromatic carbocycles. The standard InChI is InChI=1S/C13H27NS/c1-11(2)10-15-9-8-14-13-6-4-12(3)5-7-13/h11-14H,4-10H2,1-3H3. The summed E-state index contributed by atoms with van der Waals surface area (Å²) in [4.78, 5) is 0. The van der Waals surface area contributed by atoms with Gasteiger partial charge < -0.3 is 5.32 Å². The van der Waals surface area contributed by atoms with Gasteiger partial charge in [0.15, 0.2) is 0 Å². The van der Waals surface area contributed by atoms with E-state index in [1.807, 2.05) is 0 Å². The van der Waals surface area contributed by atoms with Crippen LogP contribution in [0.15, 0.2) is 0 Å². The SMILES string of the molecule is CC(C)CSCCNC1CCC(C)CC1. The summed E-state index contributed by atoms with van der Waals surface area (Å²) in [6.07, 6.45) is 5.65. The lowest BCUT2D eigenvalue weighted by atomic mass is 9.87. The Morgan fingerprint density at radius 1 is 1.20 bits per heavy atom. The van der Waals surface area contributed by atoms with Gasteiger partial charge in [0, 0.05) is 18.3 Å². The summed E-state index contributed by atoms with van der Waals surface area (Å²) in [5, 5.41) is 3.70. The predicted molar refractivity (Wildman–Crippen MR) is 71.6 cm³/mol. The maximum Gasteiger partial charge on any atom is 0.00675 e. The molecule has 0 aromatic heterocycles. The number of rotatable bonds is 6. The van der Waals surface area contributed by atoms with E-state index in [9.17, 15) is 0 Å². The maximum atomic E-state index is 3.70. The van der Waals surface area contributed by atoms with Gasteiger partial charge in [-0.2, -0.15) is 11.8 Å². The second-order valence-electron chi connectivity index (χ2n) is 5.38. The van der Waals surface area contributed by atoms with Crippen LogP contribution in [-0.4, -0.2) is 24.1 Å². The molecule has 1 nitrogen and oxygen atoms in total. The number of nitrogens with one attached hydrogen (secondary N) is 1. The van der Waals surface area contributed by atoms with Crippen LogP contribution in [0.1, 0.15) is 46.5 Å². The van der Waals surface area contributed by atoms with Crippen LogP contribution < -0.4 is 5.32 Å². The van der Waals surface area contributed by atoms with E-state index in [2.05, 4.69) is 37.8 Å². The molecule has 1 N–H and O–H groups in total. The summed E-state index contributed by atoms with van der Waals surface area (Å²) >= 11 is 2.09. The quantitative estimate of drug-likeness (QED) is 0.699. The fraction of sp³-hybridized carbons (Fsp3) is 1.00. The third-order valence-corrected chi connectivity index (χ3v) is 4.54. The molecule has 1 rings (SSSR count). The molecule has 15 heavy (non-hydrogen) atoms. The van der Waals surface area contributed by atoms with Crippen LogP contribution in [0.3, 0.4) is 0 Å². The van der Waals surface area contributed by atoms with E-state index in [1.54, 1.807) is 0 Å². The van der Waals surface area contributed by atoms with E-state index in [1.165, 1.54) is 43.7 Å². The zero-order chi connectivity index (χ0) is 11.1. The molecule has 0 bridgehead atoms. The van der Waals surface area contributed by atoms with Gasteiger partial charge in [-0.05, 0) is 43.3 Å². The van der Waals surface area contributed by atoms with Gasteiger partial charge in [0.2, 0.25) is 0 Å². The second-order valence-corrected chi connectivity index (χ2v) is 6.53. The van der Waals surface area contributed by atoms with Crippen LogP contribution in [0, 0.1) is 11.8 Å². The molecule has 0 amide bonds. The third-order valence-electron chi connectivity index (χ3n) is 3.15. The highest BCUT2D eigenvalue weighted by Crippen LogP contribution is 2.23. The Hall–Kier alpha value is 0.310. The van der Waals surface area contributed by atoms with Crippen molar-refractivity contribution < 1.29 is 0 Å². The second kappa shape index (κ2) is 7.56. The summed E-state index contributed by atoms with van der Waals surface area (Å²) in [6.45, 7) is 8.18. The number of thioether (sulfide) groups is 1. The Morgan fingerprint density at radius 3 is 2.47 bits per heavy atom. The molecule has 0 aromatic rings. The lowest BCUT2D eigenvalue weighted by Crippen LogP contribution is -2.34. The van der Waals surface area contributed by atoms with E-state index in [0.29, 0.717) is 0 Å². The summed E-state index contributed by atoms with van der Waals surface area (Å²) in [5.74, 6) is 4.40. The molecule has 1 fully saturated rings. The molecule has 1 saturated carbocycles. The van der Waals surface area contributed by atoms with Gasteiger partial charge >= 0.3 is 0 Å². The van der Waals surface area contributed by atoms with Crippen LogP contribution in [0.5, 0.6) is 0 Å². The first-order chi connectivity index (χ1) is 7.18. The normalized spacial score (nSPS) is 27.2. The minimum Gasteiger partial charge on any atom is -0.313 e. The van der Waals surface area contributed by atoms with Crippen LogP contribution in [-0.2, 0) is 0 Å². The van der Waals surface area contributed by atoms with Gasteiger partial charge in [0.05, 0.1) is 0 Å². The fourth-order valence-corrected chi connectivity index (χ4v) is 3.02. The summed E-state index contributed by atoms with van der Waals surface area (Å²) in [7, 11) is 0. The Bertz CT molecular complexity index is 151. The van der Waals surface area contributed by atoms with Crippen molar-refractivity contribution in [3.63, 3.8) is 0 Å². The zero-order valence-corrected chi connectivity index (χ0v) is 11.4. The minimum absolute atomic E-state index is 0.820. The van der Waals surface area contributed by atoms with Gasteiger partial charge in [-0.3, -0.25) is 0 Å². The summed E-state index contributed by atoms with van der Waals surface area (Å²) in [5.41, 5.74) is 0. The van der Waals surface area contributed by atoms with E-state index in [4.69, 9.17) is 0 Å². The van der Waals surface area contributed by atoms with Crippen LogP contribution in [0.4, 0.5) is 0 Å². The van der Waals surface area contributed by atoms with Crippen molar-refractivity contribution in [3.8, 4) is 0 Å². The maximum absolute atomic E-state index is 3.70. The molecular formula is C13H27NS. The van der Waals surface area contributed by atoms with Crippen molar-refractivity contribution in [2.45, 2.75) is 52.5 Å². The average molecular weight is 229 g/mol. The summed E-state index contributed by atoms with van der Waals surface area (Å²) < 4.78 is 0. The highest BCUT2D eigenvalue weighted by molar-refractivity contribution is 7.99. The van der Waals surface area contributed by atoms with Crippen molar-refractivity contribution in [2.75, 3.05) is 18.1 Å². The highest BCUT2D eigenvalue weighted by Gasteiger charge is 2.16. The van der Waals surface area contributed by atoms with Crippen LogP contribution in [0.2, 0.25) is 0 Å². The Morgan fingerprint density at radius 2 is 1.87 bits per heavy atom. The van der Waals surface area contributed by atoms with Crippen molar-refractivity contribution in [1.82, 2.24) is 5.32 Å². The van der Waals surface area contributed by atoms with Gasteiger partial charge in [0.25, 0.3) is 0 Å². The topological polar surface area (TPSA) is 12.0 Å². The molecule has 0 atom stereocenters. The Labute approximate surface area is 99.8 Å². The van der Waals surface area contributed by atoms with E-state index in [-0.39, 0.29) is 0 Å². The first-order valence-electron chi connectivity index (χ1n) is 6.49. The van der Waals surface area contributed by atoms with Crippen LogP contribution >= 0.6 is 11.8 Å². The lowest BCUT2D eigenvalue weighted by Gasteiger charge is -2.27.